The predicted octanol–water partition coefficient (Wildman–Crippen LogP) is 1.63. The summed E-state index contributed by atoms with van der Waals surface area (Å²) >= 11 is 1.42. The van der Waals surface area contributed by atoms with Crippen molar-refractivity contribution in [3.05, 3.63) is 11.9 Å². The molecule has 1 rings (SSSR count). The molecule has 5 nitrogen and oxygen atoms in total. The van der Waals surface area contributed by atoms with E-state index >= 15 is 0 Å². The van der Waals surface area contributed by atoms with E-state index < -0.39 is 0 Å². The number of anilines is 1. The lowest BCUT2D eigenvalue weighted by molar-refractivity contribution is -0.118. The monoisotopic (exact) mass is 268 g/mol. The second-order valence-electron chi connectivity index (χ2n) is 3.93. The standard InChI is InChI=1S/C12H20N4OS/c1-3-5-9-11(13)15-8-16-12(9)18-7-10(17)14-6-4-2/h8H,3-7H2,1-2H3,(H,14,17)(H2,13,15,16). The van der Waals surface area contributed by atoms with E-state index in [1.165, 1.54) is 18.1 Å². The Bertz CT molecular complexity index is 398. The average Bonchev–Trinajstić information content (AvgIpc) is 2.37. The number of nitrogens with zero attached hydrogens (tertiary/aromatic N) is 2. The van der Waals surface area contributed by atoms with Gasteiger partial charge in [0.05, 0.1) is 5.75 Å². The molecule has 1 aromatic rings. The Morgan fingerprint density at radius 3 is 2.83 bits per heavy atom. The number of amides is 1. The summed E-state index contributed by atoms with van der Waals surface area (Å²) in [5.74, 6) is 0.914. The molecular formula is C12H20N4OS. The quantitative estimate of drug-likeness (QED) is 0.580. The lowest BCUT2D eigenvalue weighted by Gasteiger charge is -2.09. The molecule has 1 aromatic heterocycles. The first-order chi connectivity index (χ1) is 8.69. The molecule has 0 aliphatic heterocycles. The van der Waals surface area contributed by atoms with Gasteiger partial charge in [-0.3, -0.25) is 4.79 Å². The fourth-order valence-electron chi connectivity index (χ4n) is 1.47. The number of thioether (sulfide) groups is 1. The highest BCUT2D eigenvalue weighted by molar-refractivity contribution is 7.99. The molecule has 0 bridgehead atoms. The van der Waals surface area contributed by atoms with E-state index in [0.717, 1.165) is 29.9 Å². The first-order valence-corrected chi connectivity index (χ1v) is 7.16. The highest BCUT2D eigenvalue weighted by atomic mass is 32.2. The van der Waals surface area contributed by atoms with Gasteiger partial charge in [-0.1, -0.05) is 32.0 Å². The summed E-state index contributed by atoms with van der Waals surface area (Å²) in [6.07, 6.45) is 4.21. The molecule has 3 N–H and O–H groups in total. The molecular weight excluding hydrogens is 248 g/mol. The van der Waals surface area contributed by atoms with Crippen molar-refractivity contribution in [1.29, 1.82) is 0 Å². The van der Waals surface area contributed by atoms with Crippen molar-refractivity contribution in [1.82, 2.24) is 15.3 Å². The summed E-state index contributed by atoms with van der Waals surface area (Å²) in [7, 11) is 0. The van der Waals surface area contributed by atoms with Crippen LogP contribution < -0.4 is 11.1 Å². The molecule has 0 radical (unpaired) electrons. The van der Waals surface area contributed by atoms with Crippen LogP contribution in [0.25, 0.3) is 0 Å². The number of hydrogen-bond acceptors (Lipinski definition) is 5. The zero-order valence-electron chi connectivity index (χ0n) is 10.9. The first kappa shape index (κ1) is 14.8. The van der Waals surface area contributed by atoms with Crippen LogP contribution in [0.5, 0.6) is 0 Å². The molecule has 6 heteroatoms. The zero-order valence-corrected chi connectivity index (χ0v) is 11.7. The SMILES string of the molecule is CCCNC(=O)CSc1ncnc(N)c1CCC. The summed E-state index contributed by atoms with van der Waals surface area (Å²) in [5, 5.41) is 3.65. The number of carbonyl (C=O) groups excluding carboxylic acids is 1. The molecule has 100 valence electrons. The number of nitrogens with two attached hydrogens (primary N) is 1. The molecule has 0 aliphatic rings. The fraction of sp³-hybridized carbons (Fsp3) is 0.583. The van der Waals surface area contributed by atoms with Gasteiger partial charge in [-0.05, 0) is 12.8 Å². The maximum atomic E-state index is 11.5. The molecule has 0 saturated heterocycles. The summed E-state index contributed by atoms with van der Waals surface area (Å²) in [6, 6.07) is 0. The minimum atomic E-state index is 0.0292. The predicted molar refractivity (Wildman–Crippen MR) is 74.5 cm³/mol. The van der Waals surface area contributed by atoms with Gasteiger partial charge < -0.3 is 11.1 Å². The average molecular weight is 268 g/mol. The highest BCUT2D eigenvalue weighted by Crippen LogP contribution is 2.24. The smallest absolute Gasteiger partial charge is 0.230 e. The van der Waals surface area contributed by atoms with Gasteiger partial charge in [0.15, 0.2) is 0 Å². The van der Waals surface area contributed by atoms with Crippen LogP contribution in [0.3, 0.4) is 0 Å². The third-order valence-electron chi connectivity index (χ3n) is 2.35. The Labute approximate surface area is 112 Å². The lowest BCUT2D eigenvalue weighted by atomic mass is 10.2. The van der Waals surface area contributed by atoms with E-state index in [1.807, 2.05) is 6.92 Å². The van der Waals surface area contributed by atoms with Gasteiger partial charge in [0.2, 0.25) is 5.91 Å². The zero-order chi connectivity index (χ0) is 13.4. The third-order valence-corrected chi connectivity index (χ3v) is 3.38. The fourth-order valence-corrected chi connectivity index (χ4v) is 2.34. The van der Waals surface area contributed by atoms with E-state index in [1.54, 1.807) is 0 Å². The van der Waals surface area contributed by atoms with Crippen LogP contribution in [0, 0.1) is 0 Å². The number of nitrogens with one attached hydrogen (secondary N) is 1. The Morgan fingerprint density at radius 2 is 2.17 bits per heavy atom. The summed E-state index contributed by atoms with van der Waals surface area (Å²) in [4.78, 5) is 19.7. The van der Waals surface area contributed by atoms with Crippen LogP contribution in [0.15, 0.2) is 11.4 Å². The van der Waals surface area contributed by atoms with E-state index in [4.69, 9.17) is 5.73 Å². The van der Waals surface area contributed by atoms with Crippen LogP contribution in [-0.2, 0) is 11.2 Å². The minimum absolute atomic E-state index is 0.0292. The highest BCUT2D eigenvalue weighted by Gasteiger charge is 2.10. The van der Waals surface area contributed by atoms with Crippen molar-refractivity contribution in [3.8, 4) is 0 Å². The Balaban J connectivity index is 2.61. The molecule has 0 atom stereocenters. The molecule has 1 heterocycles. The maximum absolute atomic E-state index is 11.5. The van der Waals surface area contributed by atoms with Crippen LogP contribution in [0.4, 0.5) is 5.82 Å². The van der Waals surface area contributed by atoms with Gasteiger partial charge in [-0.25, -0.2) is 9.97 Å². The number of aromatic nitrogens is 2. The van der Waals surface area contributed by atoms with E-state index in [2.05, 4.69) is 22.2 Å². The number of carbonyl (C=O) groups is 1. The second-order valence-corrected chi connectivity index (χ2v) is 4.90. The molecule has 1 amide bonds. The van der Waals surface area contributed by atoms with Gasteiger partial charge in [0.25, 0.3) is 0 Å². The molecule has 0 aromatic carbocycles. The second kappa shape index (κ2) is 7.92. The molecule has 18 heavy (non-hydrogen) atoms. The Morgan fingerprint density at radius 1 is 1.39 bits per heavy atom. The maximum Gasteiger partial charge on any atom is 0.230 e. The molecule has 0 fully saturated rings. The third kappa shape index (κ3) is 4.52. The lowest BCUT2D eigenvalue weighted by Crippen LogP contribution is -2.25. The summed E-state index contributed by atoms with van der Waals surface area (Å²) in [6.45, 7) is 4.82. The normalized spacial score (nSPS) is 10.3. The van der Waals surface area contributed by atoms with Gasteiger partial charge in [0, 0.05) is 12.1 Å². The van der Waals surface area contributed by atoms with Gasteiger partial charge in [0.1, 0.15) is 17.2 Å². The van der Waals surface area contributed by atoms with E-state index in [0.29, 0.717) is 18.1 Å². The van der Waals surface area contributed by atoms with Crippen LogP contribution in [0.2, 0.25) is 0 Å². The number of hydrogen-bond donors (Lipinski definition) is 2. The molecule has 0 unspecified atom stereocenters. The van der Waals surface area contributed by atoms with Crippen molar-refractivity contribution in [2.24, 2.45) is 0 Å². The van der Waals surface area contributed by atoms with Crippen molar-refractivity contribution in [3.63, 3.8) is 0 Å². The number of nitrogen functional groups attached to an aromatic ring is 1. The minimum Gasteiger partial charge on any atom is -0.383 e. The van der Waals surface area contributed by atoms with Crippen molar-refractivity contribution in [2.45, 2.75) is 38.1 Å². The van der Waals surface area contributed by atoms with Gasteiger partial charge in [-0.2, -0.15) is 0 Å². The topological polar surface area (TPSA) is 80.9 Å². The summed E-state index contributed by atoms with van der Waals surface area (Å²) < 4.78 is 0. The number of rotatable bonds is 7. The molecule has 0 aliphatic carbocycles. The summed E-state index contributed by atoms with van der Waals surface area (Å²) in [5.41, 5.74) is 6.78. The van der Waals surface area contributed by atoms with Gasteiger partial charge in [-0.15, -0.1) is 0 Å². The Hall–Kier alpha value is -1.30. The van der Waals surface area contributed by atoms with Crippen molar-refractivity contribution in [2.75, 3.05) is 18.0 Å². The van der Waals surface area contributed by atoms with E-state index in [9.17, 15) is 4.79 Å². The first-order valence-electron chi connectivity index (χ1n) is 6.17. The van der Waals surface area contributed by atoms with Crippen LogP contribution in [-0.4, -0.2) is 28.2 Å². The Kier molecular flexibility index (Phi) is 6.49. The van der Waals surface area contributed by atoms with Gasteiger partial charge >= 0.3 is 0 Å². The van der Waals surface area contributed by atoms with Crippen LogP contribution in [0.1, 0.15) is 32.3 Å². The van der Waals surface area contributed by atoms with Crippen molar-refractivity contribution < 1.29 is 4.79 Å². The van der Waals surface area contributed by atoms with Crippen molar-refractivity contribution >= 4 is 23.5 Å². The molecule has 0 saturated carbocycles. The largest absolute Gasteiger partial charge is 0.383 e. The van der Waals surface area contributed by atoms with E-state index in [-0.39, 0.29) is 5.91 Å². The van der Waals surface area contributed by atoms with Crippen LogP contribution >= 0.6 is 11.8 Å². The molecule has 0 spiro atoms.